The molecule has 0 aliphatic carbocycles. The van der Waals surface area contributed by atoms with E-state index in [1.807, 2.05) is 0 Å². The highest BCUT2D eigenvalue weighted by Crippen LogP contribution is 2.12. The minimum Gasteiger partial charge on any atom is -0.462 e. The smallest absolute Gasteiger partial charge is 0.306 e. The second-order valence-electron chi connectivity index (χ2n) is 19.7. The van der Waals surface area contributed by atoms with Gasteiger partial charge in [0.05, 0.1) is 6.61 Å². The molecule has 0 rings (SSSR count). The predicted octanol–water partition coefficient (Wildman–Crippen LogP) is 22.0. The SMILES string of the molecule is CC/C=C\C/C=C\C/C=C\C/C=C\C/C=C\C/C=C\C/C=C\C/C=C\C/C=C\C/C=C\CCCCCCCCC(=O)OC(CO)COC(=O)CCCCCC/C=C\C/C=C\C/C=C\C/C=C\C/C=C\C/C=C\C/C=C\C/C=C\CC. The van der Waals surface area contributed by atoms with Crippen LogP contribution in [-0.2, 0) is 19.1 Å². The number of carbonyl (C=O) groups excluding carboxylic acids is 2. The first-order chi connectivity index (χ1) is 39.6. The minimum atomic E-state index is -0.811. The number of unbranched alkanes of at least 4 members (excludes halogenated alkanes) is 10. The Bertz CT molecular complexity index is 1960. The van der Waals surface area contributed by atoms with Gasteiger partial charge in [0.15, 0.2) is 6.10 Å². The molecule has 0 radical (unpaired) electrons. The lowest BCUT2D eigenvalue weighted by Gasteiger charge is -2.15. The molecule has 0 spiro atoms. The number of carbonyl (C=O) groups is 2. The van der Waals surface area contributed by atoms with Crippen LogP contribution in [0.15, 0.2) is 219 Å². The number of aliphatic hydroxyl groups is 1. The summed E-state index contributed by atoms with van der Waals surface area (Å²) in [6.07, 6.45) is 111. The molecule has 5 heteroatoms. The van der Waals surface area contributed by atoms with Crippen LogP contribution in [0.4, 0.5) is 0 Å². The van der Waals surface area contributed by atoms with Crippen LogP contribution in [0, 0.1) is 0 Å². The van der Waals surface area contributed by atoms with Crippen LogP contribution in [0.3, 0.4) is 0 Å². The molecule has 0 saturated heterocycles. The van der Waals surface area contributed by atoms with E-state index in [2.05, 4.69) is 233 Å². The molecule has 0 heterocycles. The Hall–Kier alpha value is -5.78. The van der Waals surface area contributed by atoms with Gasteiger partial charge in [-0.25, -0.2) is 0 Å². The Morgan fingerprint density at radius 2 is 0.500 bits per heavy atom. The Morgan fingerprint density at radius 3 is 0.750 bits per heavy atom. The average molecular weight is 1090 g/mol. The van der Waals surface area contributed by atoms with Crippen molar-refractivity contribution in [1.29, 1.82) is 0 Å². The van der Waals surface area contributed by atoms with Crippen molar-refractivity contribution in [2.45, 2.75) is 225 Å². The van der Waals surface area contributed by atoms with Crippen LogP contribution in [0.25, 0.3) is 0 Å². The number of esters is 2. The molecular formula is C75H112O5. The topological polar surface area (TPSA) is 72.8 Å². The van der Waals surface area contributed by atoms with E-state index in [4.69, 9.17) is 9.47 Å². The highest BCUT2D eigenvalue weighted by atomic mass is 16.6. The van der Waals surface area contributed by atoms with E-state index in [-0.39, 0.29) is 25.2 Å². The number of allylic oxidation sites excluding steroid dienone is 36. The van der Waals surface area contributed by atoms with Crippen LogP contribution in [0.1, 0.15) is 219 Å². The quantitative estimate of drug-likeness (QED) is 0.0373. The molecule has 0 aliphatic heterocycles. The minimum absolute atomic E-state index is 0.102. The summed E-state index contributed by atoms with van der Waals surface area (Å²) < 4.78 is 10.7. The van der Waals surface area contributed by atoms with Gasteiger partial charge in [0.25, 0.3) is 0 Å². The van der Waals surface area contributed by atoms with E-state index in [9.17, 15) is 14.7 Å². The third kappa shape index (κ3) is 64.7. The Morgan fingerprint density at radius 1 is 0.287 bits per heavy atom. The molecule has 0 amide bonds. The van der Waals surface area contributed by atoms with Gasteiger partial charge in [0.2, 0.25) is 0 Å². The van der Waals surface area contributed by atoms with Crippen molar-refractivity contribution in [1.82, 2.24) is 0 Å². The lowest BCUT2D eigenvalue weighted by Crippen LogP contribution is -2.28. The van der Waals surface area contributed by atoms with Crippen molar-refractivity contribution < 1.29 is 24.2 Å². The maximum absolute atomic E-state index is 12.3. The van der Waals surface area contributed by atoms with Crippen molar-refractivity contribution in [3.63, 3.8) is 0 Å². The van der Waals surface area contributed by atoms with Crippen molar-refractivity contribution in [3.8, 4) is 0 Å². The molecule has 0 aliphatic rings. The van der Waals surface area contributed by atoms with Gasteiger partial charge in [-0.05, 0) is 154 Å². The first kappa shape index (κ1) is 74.2. The summed E-state index contributed by atoms with van der Waals surface area (Å²) in [7, 11) is 0. The van der Waals surface area contributed by atoms with E-state index >= 15 is 0 Å². The standard InChI is InChI=1S/C75H112O5/c1-3-5-7-9-11-13-15-17-19-21-23-25-27-29-31-33-34-35-36-37-38-39-40-42-44-46-48-50-52-54-56-58-60-62-64-66-68-70-75(78)80-73(71-76)72-79-74(77)69-67-65-63-61-59-57-55-53-51-49-47-45-43-41-32-30-28-26-24-22-20-18-16-14-12-10-8-6-4-2/h5-8,11-14,17-20,23-26,29-32,34-35,37-38,40,42-43,45-46,48-49,51-52,54-55,57,73,76H,3-4,9-10,15-16,21-22,27-28,33,36,39,41,44,47,50,53,56,58-72H2,1-2H3/b7-5-,8-6-,13-11-,14-12-,19-17-,20-18-,25-23-,26-24-,31-29-,32-30-,35-34-,38-37-,42-40-,45-43-,48-46-,51-49-,54-52-,57-55-. The summed E-state index contributed by atoms with van der Waals surface area (Å²) in [5.74, 6) is -0.656. The molecule has 442 valence electrons. The zero-order chi connectivity index (χ0) is 57.6. The average Bonchev–Trinajstić information content (AvgIpc) is 3.46. The monoisotopic (exact) mass is 1090 g/mol. The van der Waals surface area contributed by atoms with Gasteiger partial charge < -0.3 is 14.6 Å². The molecule has 0 aromatic heterocycles. The highest BCUT2D eigenvalue weighted by molar-refractivity contribution is 5.70. The molecule has 80 heavy (non-hydrogen) atoms. The van der Waals surface area contributed by atoms with Crippen LogP contribution < -0.4 is 0 Å². The maximum atomic E-state index is 12.3. The fraction of sp³-hybridized carbons (Fsp3) is 0.493. The molecule has 1 N–H and O–H groups in total. The van der Waals surface area contributed by atoms with Crippen LogP contribution in [0.5, 0.6) is 0 Å². The molecule has 5 nitrogen and oxygen atoms in total. The zero-order valence-electron chi connectivity index (χ0n) is 50.5. The van der Waals surface area contributed by atoms with E-state index in [0.29, 0.717) is 12.8 Å². The van der Waals surface area contributed by atoms with Crippen LogP contribution in [0.2, 0.25) is 0 Å². The first-order valence-corrected chi connectivity index (χ1v) is 31.3. The number of rotatable bonds is 54. The Labute approximate surface area is 491 Å². The molecule has 1 unspecified atom stereocenters. The fourth-order valence-electron chi connectivity index (χ4n) is 7.66. The van der Waals surface area contributed by atoms with Crippen molar-refractivity contribution in [2.75, 3.05) is 13.2 Å². The first-order valence-electron chi connectivity index (χ1n) is 31.3. The lowest BCUT2D eigenvalue weighted by atomic mass is 10.1. The second-order valence-corrected chi connectivity index (χ2v) is 19.7. The van der Waals surface area contributed by atoms with Crippen LogP contribution >= 0.6 is 0 Å². The Balaban J connectivity index is 3.70. The Kier molecular flexibility index (Phi) is 62.6. The molecule has 0 aromatic carbocycles. The molecule has 1 atom stereocenters. The van der Waals surface area contributed by atoms with Gasteiger partial charge in [-0.1, -0.05) is 271 Å². The number of hydrogen-bond acceptors (Lipinski definition) is 5. The summed E-state index contributed by atoms with van der Waals surface area (Å²) in [4.78, 5) is 24.6. The van der Waals surface area contributed by atoms with E-state index in [1.54, 1.807) is 0 Å². The van der Waals surface area contributed by atoms with Gasteiger partial charge in [-0.3, -0.25) is 9.59 Å². The molecular weight excluding hydrogens is 981 g/mol. The van der Waals surface area contributed by atoms with E-state index in [0.717, 1.165) is 180 Å². The third-order valence-electron chi connectivity index (χ3n) is 12.3. The van der Waals surface area contributed by atoms with Crippen molar-refractivity contribution in [2.24, 2.45) is 0 Å². The number of ether oxygens (including phenoxy) is 2. The highest BCUT2D eigenvalue weighted by Gasteiger charge is 2.16. The largest absolute Gasteiger partial charge is 0.462 e. The maximum Gasteiger partial charge on any atom is 0.306 e. The fourth-order valence-corrected chi connectivity index (χ4v) is 7.66. The number of aliphatic hydroxyl groups excluding tert-OH is 1. The van der Waals surface area contributed by atoms with Gasteiger partial charge in [-0.15, -0.1) is 0 Å². The zero-order valence-corrected chi connectivity index (χ0v) is 50.5. The third-order valence-corrected chi connectivity index (χ3v) is 12.3. The molecule has 0 fully saturated rings. The predicted molar refractivity (Wildman–Crippen MR) is 352 cm³/mol. The van der Waals surface area contributed by atoms with Crippen molar-refractivity contribution >= 4 is 11.9 Å². The summed E-state index contributed by atoms with van der Waals surface area (Å²) in [5.41, 5.74) is 0. The summed E-state index contributed by atoms with van der Waals surface area (Å²) in [6, 6.07) is 0. The van der Waals surface area contributed by atoms with Gasteiger partial charge in [0.1, 0.15) is 6.61 Å². The molecule has 0 aromatic rings. The van der Waals surface area contributed by atoms with E-state index in [1.165, 1.54) is 12.8 Å². The summed E-state index contributed by atoms with van der Waals surface area (Å²) in [5, 5.41) is 9.68. The van der Waals surface area contributed by atoms with E-state index < -0.39 is 6.10 Å². The van der Waals surface area contributed by atoms with Gasteiger partial charge in [0, 0.05) is 12.8 Å². The lowest BCUT2D eigenvalue weighted by molar-refractivity contribution is -0.161. The van der Waals surface area contributed by atoms with Gasteiger partial charge in [-0.2, -0.15) is 0 Å². The second kappa shape index (κ2) is 67.5. The normalized spacial score (nSPS) is 13.8. The summed E-state index contributed by atoms with van der Waals surface area (Å²) >= 11 is 0. The summed E-state index contributed by atoms with van der Waals surface area (Å²) in [6.45, 7) is 3.86. The van der Waals surface area contributed by atoms with Gasteiger partial charge >= 0.3 is 11.9 Å². The molecule has 0 bridgehead atoms. The number of hydrogen-bond donors (Lipinski definition) is 1. The van der Waals surface area contributed by atoms with Crippen LogP contribution in [-0.4, -0.2) is 36.4 Å². The van der Waals surface area contributed by atoms with Crippen molar-refractivity contribution in [3.05, 3.63) is 219 Å². The molecule has 0 saturated carbocycles.